The molecule has 2 fully saturated rings. The van der Waals surface area contributed by atoms with Crippen molar-refractivity contribution in [1.29, 1.82) is 0 Å². The monoisotopic (exact) mass is 328 g/mol. The maximum atomic E-state index is 9.81. The molecule has 130 valence electrons. The molecule has 1 N–H and O–H groups in total. The van der Waals surface area contributed by atoms with Crippen LogP contribution in [0.4, 0.5) is 0 Å². The van der Waals surface area contributed by atoms with Crippen LogP contribution in [-0.2, 0) is 6.54 Å². The second-order valence-corrected chi connectivity index (χ2v) is 7.55. The molecule has 2 aromatic rings. The van der Waals surface area contributed by atoms with Gasteiger partial charge in [-0.1, -0.05) is 12.5 Å². The normalized spacial score (nSPS) is 26.4. The van der Waals surface area contributed by atoms with Gasteiger partial charge in [0.05, 0.1) is 6.26 Å². The summed E-state index contributed by atoms with van der Waals surface area (Å²) in [5, 5.41) is 11.0. The fraction of sp³-hybridized carbons (Fsp3) is 0.600. The van der Waals surface area contributed by atoms with Gasteiger partial charge in [0.1, 0.15) is 5.58 Å². The van der Waals surface area contributed by atoms with Crippen LogP contribution < -0.4 is 0 Å². The number of rotatable bonds is 5. The molecule has 1 aromatic carbocycles. The first kappa shape index (κ1) is 16.1. The van der Waals surface area contributed by atoms with Crippen LogP contribution >= 0.6 is 0 Å². The molecule has 2 atom stereocenters. The average molecular weight is 328 g/mol. The maximum Gasteiger partial charge on any atom is 0.133 e. The summed E-state index contributed by atoms with van der Waals surface area (Å²) < 4.78 is 5.43. The third-order valence-corrected chi connectivity index (χ3v) is 5.75. The Morgan fingerprint density at radius 1 is 1.00 bits per heavy atom. The molecule has 3 heterocycles. The molecule has 4 nitrogen and oxygen atoms in total. The Bertz CT molecular complexity index is 662. The van der Waals surface area contributed by atoms with Crippen molar-refractivity contribution in [2.24, 2.45) is 11.8 Å². The Morgan fingerprint density at radius 3 is 2.67 bits per heavy atom. The molecule has 0 radical (unpaired) electrons. The number of fused-ring (bicyclic) bond motifs is 1. The lowest BCUT2D eigenvalue weighted by Crippen LogP contribution is -2.37. The maximum absolute atomic E-state index is 9.81. The summed E-state index contributed by atoms with van der Waals surface area (Å²) in [7, 11) is 0. The highest BCUT2D eigenvalue weighted by molar-refractivity contribution is 5.77. The summed E-state index contributed by atoms with van der Waals surface area (Å²) in [5.74, 6) is 1.02. The van der Waals surface area contributed by atoms with Crippen molar-refractivity contribution in [2.75, 3.05) is 39.3 Å². The third-order valence-electron chi connectivity index (χ3n) is 5.75. The molecule has 0 spiro atoms. The van der Waals surface area contributed by atoms with E-state index in [4.69, 9.17) is 4.42 Å². The van der Waals surface area contributed by atoms with E-state index < -0.39 is 0 Å². The highest BCUT2D eigenvalue weighted by Crippen LogP contribution is 2.27. The summed E-state index contributed by atoms with van der Waals surface area (Å²) in [6, 6.07) is 8.48. The SMILES string of the molecule is OC[C@@H]1CN(Cc2ccc3occc3c2)C[C@@H]1CN1CCCCC1. The van der Waals surface area contributed by atoms with E-state index >= 15 is 0 Å². The van der Waals surface area contributed by atoms with Crippen LogP contribution in [0.2, 0.25) is 0 Å². The number of aliphatic hydroxyl groups is 1. The van der Waals surface area contributed by atoms with Crippen LogP contribution in [0.5, 0.6) is 0 Å². The highest BCUT2D eigenvalue weighted by atomic mass is 16.3. The van der Waals surface area contributed by atoms with Crippen molar-refractivity contribution in [3.05, 3.63) is 36.1 Å². The lowest BCUT2D eigenvalue weighted by atomic mass is 9.95. The van der Waals surface area contributed by atoms with Gasteiger partial charge < -0.3 is 14.4 Å². The smallest absolute Gasteiger partial charge is 0.133 e. The standard InChI is InChI=1S/C20H28N2O2/c23-15-19-14-22(13-18(19)12-21-7-2-1-3-8-21)11-16-4-5-20-17(10-16)6-9-24-20/h4-6,9-10,18-19,23H,1-3,7-8,11-15H2/t18-,19-/m0/s1. The Morgan fingerprint density at radius 2 is 1.83 bits per heavy atom. The van der Waals surface area contributed by atoms with Gasteiger partial charge in [0.2, 0.25) is 0 Å². The van der Waals surface area contributed by atoms with Gasteiger partial charge in [0.25, 0.3) is 0 Å². The van der Waals surface area contributed by atoms with Gasteiger partial charge in [-0.2, -0.15) is 0 Å². The van der Waals surface area contributed by atoms with Crippen LogP contribution in [0.15, 0.2) is 34.9 Å². The second kappa shape index (κ2) is 7.26. The molecule has 2 saturated heterocycles. The van der Waals surface area contributed by atoms with Crippen molar-refractivity contribution in [1.82, 2.24) is 9.80 Å². The first-order valence-corrected chi connectivity index (χ1v) is 9.33. The number of piperidine rings is 1. The minimum Gasteiger partial charge on any atom is -0.464 e. The molecule has 1 aromatic heterocycles. The van der Waals surface area contributed by atoms with E-state index in [1.165, 1.54) is 43.3 Å². The molecule has 0 unspecified atom stereocenters. The zero-order valence-electron chi connectivity index (χ0n) is 14.4. The largest absolute Gasteiger partial charge is 0.464 e. The quantitative estimate of drug-likeness (QED) is 0.916. The summed E-state index contributed by atoms with van der Waals surface area (Å²) in [6.45, 7) is 7.04. The number of hydrogen-bond donors (Lipinski definition) is 1. The van der Waals surface area contributed by atoms with E-state index in [0.717, 1.165) is 31.8 Å². The van der Waals surface area contributed by atoms with Crippen molar-refractivity contribution < 1.29 is 9.52 Å². The molecule has 24 heavy (non-hydrogen) atoms. The van der Waals surface area contributed by atoms with Crippen LogP contribution in [0.3, 0.4) is 0 Å². The lowest BCUT2D eigenvalue weighted by molar-refractivity contribution is 0.149. The summed E-state index contributed by atoms with van der Waals surface area (Å²) in [5.41, 5.74) is 2.29. The molecule has 4 rings (SSSR count). The number of benzene rings is 1. The van der Waals surface area contributed by atoms with Gasteiger partial charge in [-0.25, -0.2) is 0 Å². The van der Waals surface area contributed by atoms with Crippen LogP contribution in [0, 0.1) is 11.8 Å². The predicted octanol–water partition coefficient (Wildman–Crippen LogP) is 2.96. The van der Waals surface area contributed by atoms with Gasteiger partial charge in [-0.05, 0) is 61.5 Å². The summed E-state index contributed by atoms with van der Waals surface area (Å²) in [4.78, 5) is 5.12. The number of furan rings is 1. The molecule has 0 saturated carbocycles. The third kappa shape index (κ3) is 3.51. The number of hydrogen-bond acceptors (Lipinski definition) is 4. The van der Waals surface area contributed by atoms with Gasteiger partial charge in [-0.15, -0.1) is 0 Å². The molecule has 4 heteroatoms. The molecule has 0 aliphatic carbocycles. The first-order valence-electron chi connectivity index (χ1n) is 9.33. The summed E-state index contributed by atoms with van der Waals surface area (Å²) in [6.07, 6.45) is 5.81. The van der Waals surface area contributed by atoms with E-state index in [0.29, 0.717) is 18.4 Å². The molecule has 0 amide bonds. The zero-order valence-corrected chi connectivity index (χ0v) is 14.4. The Hall–Kier alpha value is -1.36. The Labute approximate surface area is 144 Å². The molecular formula is C20H28N2O2. The van der Waals surface area contributed by atoms with Gasteiger partial charge in [0.15, 0.2) is 0 Å². The predicted molar refractivity (Wildman–Crippen MR) is 95.8 cm³/mol. The van der Waals surface area contributed by atoms with E-state index in [-0.39, 0.29) is 0 Å². The summed E-state index contributed by atoms with van der Waals surface area (Å²) >= 11 is 0. The topological polar surface area (TPSA) is 39.9 Å². The zero-order chi connectivity index (χ0) is 16.4. The van der Waals surface area contributed by atoms with Crippen molar-refractivity contribution in [3.63, 3.8) is 0 Å². The fourth-order valence-corrected chi connectivity index (χ4v) is 4.42. The molecule has 2 aliphatic heterocycles. The number of nitrogens with zero attached hydrogens (tertiary/aromatic N) is 2. The van der Waals surface area contributed by atoms with E-state index in [9.17, 15) is 5.11 Å². The molecular weight excluding hydrogens is 300 g/mol. The van der Waals surface area contributed by atoms with Crippen LogP contribution in [-0.4, -0.2) is 54.2 Å². The molecule has 2 aliphatic rings. The minimum atomic E-state index is 0.315. The average Bonchev–Trinajstić information content (AvgIpc) is 3.22. The van der Waals surface area contributed by atoms with E-state index in [2.05, 4.69) is 28.0 Å². The van der Waals surface area contributed by atoms with Crippen molar-refractivity contribution >= 4 is 11.0 Å². The number of likely N-dealkylation sites (tertiary alicyclic amines) is 2. The number of aliphatic hydroxyl groups excluding tert-OH is 1. The van der Waals surface area contributed by atoms with Crippen molar-refractivity contribution in [3.8, 4) is 0 Å². The van der Waals surface area contributed by atoms with Crippen LogP contribution in [0.25, 0.3) is 11.0 Å². The van der Waals surface area contributed by atoms with E-state index in [1.807, 2.05) is 6.07 Å². The Balaban J connectivity index is 1.38. The fourth-order valence-electron chi connectivity index (χ4n) is 4.42. The first-order chi connectivity index (χ1) is 11.8. The lowest BCUT2D eigenvalue weighted by Gasteiger charge is -2.30. The minimum absolute atomic E-state index is 0.315. The Kier molecular flexibility index (Phi) is 4.88. The molecule has 0 bridgehead atoms. The van der Waals surface area contributed by atoms with E-state index in [1.54, 1.807) is 6.26 Å². The van der Waals surface area contributed by atoms with Crippen LogP contribution in [0.1, 0.15) is 24.8 Å². The second-order valence-electron chi connectivity index (χ2n) is 7.55. The van der Waals surface area contributed by atoms with Gasteiger partial charge in [0, 0.05) is 38.2 Å². The van der Waals surface area contributed by atoms with Gasteiger partial charge >= 0.3 is 0 Å². The van der Waals surface area contributed by atoms with Gasteiger partial charge in [-0.3, -0.25) is 4.90 Å². The highest BCUT2D eigenvalue weighted by Gasteiger charge is 2.33. The van der Waals surface area contributed by atoms with Crippen molar-refractivity contribution in [2.45, 2.75) is 25.8 Å².